The van der Waals surface area contributed by atoms with E-state index in [0.29, 0.717) is 23.9 Å². The minimum Gasteiger partial charge on any atom is -0.462 e. The molecule has 2 amide bonds. The molecule has 0 radical (unpaired) electrons. The maximum atomic E-state index is 13.1. The molecule has 12 nitrogen and oxygen atoms in total. The van der Waals surface area contributed by atoms with Crippen molar-refractivity contribution in [3.8, 4) is 0 Å². The molecule has 0 bridgehead atoms. The lowest BCUT2D eigenvalue weighted by Crippen LogP contribution is -2.71. The lowest BCUT2D eigenvalue weighted by atomic mass is 9.90. The minimum atomic E-state index is -0.896. The molecule has 2 atom stereocenters. The molecule has 1 aliphatic carbocycles. The van der Waals surface area contributed by atoms with Gasteiger partial charge in [0.15, 0.2) is 10.8 Å². The molecule has 3 aliphatic rings. The molecule has 2 fully saturated rings. The number of β-lactam (4-membered cyclic amide) rings is 1. The number of fused-ring (bicyclic) bond motifs is 1. The van der Waals surface area contributed by atoms with Gasteiger partial charge in [-0.05, 0) is 38.2 Å². The molecule has 0 spiro atoms. The highest BCUT2D eigenvalue weighted by Gasteiger charge is 2.54. The van der Waals surface area contributed by atoms with Crippen LogP contribution in [0.5, 0.6) is 0 Å². The van der Waals surface area contributed by atoms with E-state index in [4.69, 9.17) is 20.0 Å². The van der Waals surface area contributed by atoms with Gasteiger partial charge >= 0.3 is 11.9 Å². The number of rotatable bonds is 10. The summed E-state index contributed by atoms with van der Waals surface area (Å²) in [6, 6.07) is -0.896. The van der Waals surface area contributed by atoms with Crippen molar-refractivity contribution in [2.45, 2.75) is 57.4 Å². The Morgan fingerprint density at radius 1 is 1.25 bits per heavy atom. The lowest BCUT2D eigenvalue weighted by molar-refractivity contribution is -0.152. The molecule has 3 heterocycles. The molecule has 3 N–H and O–H groups in total. The Hall–Kier alpha value is -3.39. The number of nitrogens with one attached hydrogen (secondary N) is 1. The maximum Gasteiger partial charge on any atom is 0.355 e. The SMILES string of the molecule is C/C=C(\COC(=O)C1=C(C)CS[C@@H]2[C@H](NC(=O)/C(=N\OC)c3csc(N)n3)C(=O)N12)C(=O)OCC1CCCCC1. The van der Waals surface area contributed by atoms with Crippen LogP contribution in [0.15, 0.2) is 33.5 Å². The van der Waals surface area contributed by atoms with Crippen LogP contribution in [0.4, 0.5) is 5.13 Å². The zero-order valence-corrected chi connectivity index (χ0v) is 24.3. The Balaban J connectivity index is 1.35. The third kappa shape index (κ3) is 6.49. The number of nitrogens with zero attached hydrogens (tertiary/aromatic N) is 3. The molecule has 14 heteroatoms. The highest BCUT2D eigenvalue weighted by Crippen LogP contribution is 2.40. The first-order valence-electron chi connectivity index (χ1n) is 13.0. The lowest BCUT2D eigenvalue weighted by Gasteiger charge is -2.49. The monoisotopic (exact) mass is 591 g/mol. The van der Waals surface area contributed by atoms with Crippen molar-refractivity contribution in [1.82, 2.24) is 15.2 Å². The predicted molar refractivity (Wildman–Crippen MR) is 150 cm³/mol. The summed E-state index contributed by atoms with van der Waals surface area (Å²) in [4.78, 5) is 61.9. The number of carbonyl (C=O) groups excluding carboxylic acids is 4. The van der Waals surface area contributed by atoms with E-state index in [-0.39, 0.29) is 34.4 Å². The van der Waals surface area contributed by atoms with Gasteiger partial charge in [-0.25, -0.2) is 14.6 Å². The van der Waals surface area contributed by atoms with Crippen molar-refractivity contribution in [1.29, 1.82) is 0 Å². The van der Waals surface area contributed by atoms with Crippen molar-refractivity contribution in [2.24, 2.45) is 11.1 Å². The molecular weight excluding hydrogens is 558 g/mol. The number of allylic oxidation sites excluding steroid dienone is 1. The van der Waals surface area contributed by atoms with E-state index in [9.17, 15) is 19.2 Å². The van der Waals surface area contributed by atoms with E-state index >= 15 is 0 Å². The summed E-state index contributed by atoms with van der Waals surface area (Å²) in [7, 11) is 1.29. The third-order valence-corrected chi connectivity index (χ3v) is 9.04. The van der Waals surface area contributed by atoms with Crippen molar-refractivity contribution >= 4 is 57.7 Å². The number of nitrogens with two attached hydrogens (primary N) is 1. The first-order chi connectivity index (χ1) is 19.2. The maximum absolute atomic E-state index is 13.1. The van der Waals surface area contributed by atoms with Crippen molar-refractivity contribution in [2.75, 3.05) is 31.8 Å². The number of anilines is 1. The Morgan fingerprint density at radius 3 is 2.65 bits per heavy atom. The molecule has 0 unspecified atom stereocenters. The van der Waals surface area contributed by atoms with E-state index < -0.39 is 35.2 Å². The third-order valence-electron chi connectivity index (χ3n) is 6.95. The highest BCUT2D eigenvalue weighted by molar-refractivity contribution is 8.00. The van der Waals surface area contributed by atoms with Gasteiger partial charge < -0.3 is 25.4 Å². The second-order valence-electron chi connectivity index (χ2n) is 9.68. The van der Waals surface area contributed by atoms with Crippen LogP contribution >= 0.6 is 23.1 Å². The topological polar surface area (TPSA) is 163 Å². The van der Waals surface area contributed by atoms with Crippen LogP contribution in [-0.2, 0) is 33.5 Å². The van der Waals surface area contributed by atoms with Gasteiger partial charge in [0, 0.05) is 11.1 Å². The van der Waals surface area contributed by atoms with Crippen LogP contribution < -0.4 is 11.1 Å². The van der Waals surface area contributed by atoms with Gasteiger partial charge in [0.05, 0.1) is 12.2 Å². The van der Waals surface area contributed by atoms with Crippen LogP contribution in [0.1, 0.15) is 51.6 Å². The zero-order valence-electron chi connectivity index (χ0n) is 22.6. The zero-order chi connectivity index (χ0) is 28.8. The second-order valence-corrected chi connectivity index (χ2v) is 11.7. The van der Waals surface area contributed by atoms with Crippen molar-refractivity contribution in [3.05, 3.63) is 34.0 Å². The molecule has 4 rings (SSSR count). The predicted octanol–water partition coefficient (Wildman–Crippen LogP) is 2.36. The highest BCUT2D eigenvalue weighted by atomic mass is 32.2. The number of thiazole rings is 1. The van der Waals surface area contributed by atoms with Gasteiger partial charge in [0.1, 0.15) is 36.5 Å². The van der Waals surface area contributed by atoms with Gasteiger partial charge in [0.25, 0.3) is 11.8 Å². The molecule has 1 saturated carbocycles. The van der Waals surface area contributed by atoms with Crippen LogP contribution in [-0.4, -0.2) is 76.8 Å². The van der Waals surface area contributed by atoms with E-state index in [1.165, 1.54) is 30.2 Å². The number of hydrogen-bond donors (Lipinski definition) is 2. The largest absolute Gasteiger partial charge is 0.462 e. The van der Waals surface area contributed by atoms with Gasteiger partial charge in [-0.2, -0.15) is 0 Å². The second kappa shape index (κ2) is 13.3. The Morgan fingerprint density at radius 2 is 2.00 bits per heavy atom. The Labute approximate surface area is 240 Å². The van der Waals surface area contributed by atoms with E-state index in [1.807, 2.05) is 0 Å². The fraction of sp³-hybridized carbons (Fsp3) is 0.538. The molecule has 1 saturated heterocycles. The summed E-state index contributed by atoms with van der Waals surface area (Å²) < 4.78 is 10.9. The number of carbonyl (C=O) groups is 4. The molecule has 216 valence electrons. The van der Waals surface area contributed by atoms with E-state index in [2.05, 4.69) is 15.5 Å². The first-order valence-corrected chi connectivity index (χ1v) is 14.9. The summed E-state index contributed by atoms with van der Waals surface area (Å²) in [5, 5.41) is 7.70. The van der Waals surface area contributed by atoms with Crippen molar-refractivity contribution < 1.29 is 33.5 Å². The Kier molecular flexibility index (Phi) is 9.85. The fourth-order valence-electron chi connectivity index (χ4n) is 4.78. The Bertz CT molecular complexity index is 1250. The summed E-state index contributed by atoms with van der Waals surface area (Å²) in [6.45, 7) is 3.50. The normalized spacial score (nSPS) is 21.9. The number of oxime groups is 1. The van der Waals surface area contributed by atoms with Gasteiger partial charge in [-0.15, -0.1) is 23.1 Å². The van der Waals surface area contributed by atoms with Crippen LogP contribution in [0.2, 0.25) is 0 Å². The van der Waals surface area contributed by atoms with E-state index in [1.54, 1.807) is 25.3 Å². The molecule has 1 aromatic heterocycles. The van der Waals surface area contributed by atoms with E-state index in [0.717, 1.165) is 37.0 Å². The average Bonchev–Trinajstić information content (AvgIpc) is 3.39. The van der Waals surface area contributed by atoms with Gasteiger partial charge in [-0.3, -0.25) is 14.5 Å². The van der Waals surface area contributed by atoms with Crippen LogP contribution in [0, 0.1) is 5.92 Å². The number of nitrogen functional groups attached to an aromatic ring is 1. The molecular formula is C26H33N5O7S2. The number of aromatic nitrogens is 1. The molecule has 0 aromatic carbocycles. The summed E-state index contributed by atoms with van der Waals surface area (Å²) in [5.41, 5.74) is 6.77. The smallest absolute Gasteiger partial charge is 0.355 e. The van der Waals surface area contributed by atoms with Gasteiger partial charge in [0.2, 0.25) is 0 Å². The number of amides is 2. The van der Waals surface area contributed by atoms with Gasteiger partial charge in [-0.1, -0.05) is 30.5 Å². The standard InChI is InChI=1S/C26H33N5O7S2/c1-4-16(24(34)37-10-15-8-6-5-7-9-15)11-38-25(35)20-14(2)12-39-23-19(22(33)31(20)23)29-21(32)18(30-36-3)17-13-40-26(27)28-17/h4,13,15,19,23H,5-12H2,1-3H3,(H2,27,28)(H,29,32)/b16-4+,30-18-/t19-,23-/m1/s1. The molecule has 1 aromatic rings. The van der Waals surface area contributed by atoms with Crippen LogP contribution in [0.3, 0.4) is 0 Å². The van der Waals surface area contributed by atoms with Crippen molar-refractivity contribution in [3.63, 3.8) is 0 Å². The fourth-order valence-corrected chi connectivity index (χ4v) is 6.62. The number of esters is 2. The summed E-state index contributed by atoms with van der Waals surface area (Å²) >= 11 is 2.55. The summed E-state index contributed by atoms with van der Waals surface area (Å²) in [6.07, 6.45) is 7.16. The number of thioether (sulfide) groups is 1. The average molecular weight is 592 g/mol. The number of hydrogen-bond acceptors (Lipinski definition) is 12. The minimum absolute atomic E-state index is 0.114. The summed E-state index contributed by atoms with van der Waals surface area (Å²) in [5.74, 6) is -1.55. The molecule has 2 aliphatic heterocycles. The quantitative estimate of drug-likeness (QED) is 0.136. The van der Waals surface area contributed by atoms with Crippen LogP contribution in [0.25, 0.3) is 0 Å². The number of ether oxygens (including phenoxy) is 2. The first kappa shape index (κ1) is 29.6. The molecule has 40 heavy (non-hydrogen) atoms.